The molecule has 0 aliphatic heterocycles. The second kappa shape index (κ2) is 9.95. The molecule has 4 rings (SSSR count). The maximum absolute atomic E-state index is 13.1. The summed E-state index contributed by atoms with van der Waals surface area (Å²) < 4.78 is 0. The van der Waals surface area contributed by atoms with Crippen molar-refractivity contribution >= 4 is 40.3 Å². The van der Waals surface area contributed by atoms with Crippen LogP contribution in [-0.2, 0) is 0 Å². The zero-order valence-corrected chi connectivity index (χ0v) is 20.1. The molecule has 0 spiro atoms. The van der Waals surface area contributed by atoms with Crippen LogP contribution >= 0.6 is 11.6 Å². The Bertz CT molecular complexity index is 1430. The van der Waals surface area contributed by atoms with Gasteiger partial charge in [0.15, 0.2) is 5.78 Å². The summed E-state index contributed by atoms with van der Waals surface area (Å²) in [5.41, 5.74) is 4.28. The minimum absolute atomic E-state index is 0.208. The maximum atomic E-state index is 13.1. The van der Waals surface area contributed by atoms with Crippen molar-refractivity contribution in [1.82, 2.24) is 4.98 Å². The summed E-state index contributed by atoms with van der Waals surface area (Å²) in [7, 11) is 1.91. The highest BCUT2D eigenvalue weighted by Crippen LogP contribution is 2.29. The molecule has 1 heterocycles. The number of aliphatic hydroxyl groups excluding tert-OH is 1. The first-order chi connectivity index (χ1) is 16.8. The molecular formula is C29H23ClN2O3. The van der Waals surface area contributed by atoms with Gasteiger partial charge in [0.05, 0.1) is 11.9 Å². The van der Waals surface area contributed by atoms with Gasteiger partial charge >= 0.3 is 0 Å². The lowest BCUT2D eigenvalue weighted by molar-refractivity contribution is 0.102. The lowest BCUT2D eigenvalue weighted by Gasteiger charge is -2.21. The van der Waals surface area contributed by atoms with E-state index >= 15 is 0 Å². The van der Waals surface area contributed by atoms with Crippen LogP contribution in [-0.4, -0.2) is 28.7 Å². The second-order valence-electron chi connectivity index (χ2n) is 8.12. The fourth-order valence-electron chi connectivity index (χ4n) is 3.87. The lowest BCUT2D eigenvalue weighted by atomic mass is 9.94. The molecule has 0 aliphatic rings. The fraction of sp³-hybridized carbons (Fsp3) is 0.0690. The van der Waals surface area contributed by atoms with E-state index in [2.05, 4.69) is 11.6 Å². The number of ketones is 2. The molecule has 0 unspecified atom stereocenters. The number of aryl methyl sites for hydroxylation is 1. The number of carbonyl (C=O) groups is 2. The Balaban J connectivity index is 1.61. The standard InChI is InChI=1S/C29H23ClN2O3/c1-18-15-22(30)10-14-27(18)32(3)23-11-13-26(31-17-23)29(35)21-9-12-24(25(16-21)19(2)33)28(34)20-7-5-4-6-8-20/h4-17,33H,2H2,1,3H3. The number of pyridine rings is 1. The summed E-state index contributed by atoms with van der Waals surface area (Å²) in [5.74, 6) is -0.886. The minimum Gasteiger partial charge on any atom is -0.508 e. The Morgan fingerprint density at radius 2 is 1.63 bits per heavy atom. The first-order valence-electron chi connectivity index (χ1n) is 10.9. The highest BCUT2D eigenvalue weighted by molar-refractivity contribution is 6.30. The largest absolute Gasteiger partial charge is 0.508 e. The maximum Gasteiger partial charge on any atom is 0.211 e. The van der Waals surface area contributed by atoms with Gasteiger partial charge in [-0.3, -0.25) is 14.6 Å². The zero-order chi connectivity index (χ0) is 25.1. The Morgan fingerprint density at radius 3 is 2.26 bits per heavy atom. The van der Waals surface area contributed by atoms with E-state index < -0.39 is 0 Å². The number of hydrogen-bond donors (Lipinski definition) is 1. The smallest absolute Gasteiger partial charge is 0.211 e. The molecule has 0 saturated carbocycles. The molecule has 0 saturated heterocycles. The van der Waals surface area contributed by atoms with E-state index in [4.69, 9.17) is 11.6 Å². The van der Waals surface area contributed by atoms with Crippen molar-refractivity contribution in [2.45, 2.75) is 6.92 Å². The van der Waals surface area contributed by atoms with E-state index in [0.717, 1.165) is 16.9 Å². The normalized spacial score (nSPS) is 10.6. The van der Waals surface area contributed by atoms with Crippen LogP contribution < -0.4 is 4.90 Å². The van der Waals surface area contributed by atoms with Gasteiger partial charge in [-0.15, -0.1) is 0 Å². The molecule has 1 N–H and O–H groups in total. The van der Waals surface area contributed by atoms with Gasteiger partial charge in [0.1, 0.15) is 11.5 Å². The quantitative estimate of drug-likeness (QED) is 0.231. The van der Waals surface area contributed by atoms with E-state index in [-0.39, 0.29) is 34.1 Å². The van der Waals surface area contributed by atoms with Crippen LogP contribution in [0.2, 0.25) is 5.02 Å². The van der Waals surface area contributed by atoms with Crippen molar-refractivity contribution in [2.75, 3.05) is 11.9 Å². The van der Waals surface area contributed by atoms with E-state index in [1.54, 1.807) is 42.6 Å². The number of aliphatic hydroxyl groups is 1. The van der Waals surface area contributed by atoms with E-state index in [1.165, 1.54) is 12.1 Å². The molecular weight excluding hydrogens is 460 g/mol. The molecule has 1 aromatic heterocycles. The Hall–Kier alpha value is -4.22. The van der Waals surface area contributed by atoms with Gasteiger partial charge in [0.25, 0.3) is 0 Å². The van der Waals surface area contributed by atoms with Crippen molar-refractivity contribution in [1.29, 1.82) is 0 Å². The van der Waals surface area contributed by atoms with Gasteiger partial charge < -0.3 is 10.0 Å². The summed E-state index contributed by atoms with van der Waals surface area (Å²) in [6.45, 7) is 5.54. The van der Waals surface area contributed by atoms with Crippen molar-refractivity contribution in [2.24, 2.45) is 0 Å². The predicted octanol–water partition coefficient (Wildman–Crippen LogP) is 6.80. The molecule has 0 aliphatic carbocycles. The van der Waals surface area contributed by atoms with Crippen molar-refractivity contribution in [3.05, 3.63) is 130 Å². The summed E-state index contributed by atoms with van der Waals surface area (Å²) >= 11 is 6.06. The molecule has 0 atom stereocenters. The lowest BCUT2D eigenvalue weighted by Crippen LogP contribution is -2.12. The molecule has 0 radical (unpaired) electrons. The second-order valence-corrected chi connectivity index (χ2v) is 8.56. The van der Waals surface area contributed by atoms with Crippen LogP contribution in [0, 0.1) is 6.92 Å². The van der Waals surface area contributed by atoms with Crippen molar-refractivity contribution in [3.63, 3.8) is 0 Å². The van der Waals surface area contributed by atoms with Crippen LogP contribution in [0.1, 0.15) is 43.1 Å². The number of hydrogen-bond acceptors (Lipinski definition) is 5. The fourth-order valence-corrected chi connectivity index (χ4v) is 4.09. The summed E-state index contributed by atoms with van der Waals surface area (Å²) in [4.78, 5) is 32.4. The van der Waals surface area contributed by atoms with Crippen LogP contribution in [0.15, 0.2) is 91.6 Å². The summed E-state index contributed by atoms with van der Waals surface area (Å²) in [6.07, 6.45) is 1.63. The molecule has 0 fully saturated rings. The Labute approximate surface area is 209 Å². The number of aromatic nitrogens is 1. The average Bonchev–Trinajstić information content (AvgIpc) is 2.87. The topological polar surface area (TPSA) is 70.5 Å². The van der Waals surface area contributed by atoms with Crippen LogP contribution in [0.4, 0.5) is 11.4 Å². The molecule has 3 aromatic carbocycles. The van der Waals surface area contributed by atoms with E-state index in [0.29, 0.717) is 16.1 Å². The average molecular weight is 483 g/mol. The van der Waals surface area contributed by atoms with E-state index in [9.17, 15) is 14.7 Å². The highest BCUT2D eigenvalue weighted by Gasteiger charge is 2.19. The predicted molar refractivity (Wildman–Crippen MR) is 140 cm³/mol. The molecule has 35 heavy (non-hydrogen) atoms. The monoisotopic (exact) mass is 482 g/mol. The van der Waals surface area contributed by atoms with Crippen LogP contribution in [0.25, 0.3) is 5.76 Å². The zero-order valence-electron chi connectivity index (χ0n) is 19.3. The Morgan fingerprint density at radius 1 is 0.886 bits per heavy atom. The third kappa shape index (κ3) is 5.00. The summed E-state index contributed by atoms with van der Waals surface area (Å²) in [6, 6.07) is 22.4. The molecule has 0 amide bonds. The molecule has 4 aromatic rings. The van der Waals surface area contributed by atoms with Crippen molar-refractivity contribution < 1.29 is 14.7 Å². The minimum atomic E-state index is -0.330. The van der Waals surface area contributed by atoms with Gasteiger partial charge in [0, 0.05) is 40.0 Å². The van der Waals surface area contributed by atoms with Gasteiger partial charge in [0.2, 0.25) is 5.78 Å². The van der Waals surface area contributed by atoms with Crippen molar-refractivity contribution in [3.8, 4) is 0 Å². The molecule has 5 nitrogen and oxygen atoms in total. The third-order valence-corrected chi connectivity index (χ3v) is 6.00. The van der Waals surface area contributed by atoms with Gasteiger partial charge in [-0.05, 0) is 55.0 Å². The van der Waals surface area contributed by atoms with Crippen LogP contribution in [0.5, 0.6) is 0 Å². The number of rotatable bonds is 7. The highest BCUT2D eigenvalue weighted by atomic mass is 35.5. The first kappa shape index (κ1) is 23.9. The number of carbonyl (C=O) groups excluding carboxylic acids is 2. The van der Waals surface area contributed by atoms with Gasteiger partial charge in [-0.25, -0.2) is 0 Å². The third-order valence-electron chi connectivity index (χ3n) is 5.76. The van der Waals surface area contributed by atoms with Gasteiger partial charge in [-0.2, -0.15) is 0 Å². The summed E-state index contributed by atoms with van der Waals surface area (Å²) in [5, 5.41) is 10.8. The number of anilines is 2. The number of nitrogens with zero attached hydrogens (tertiary/aromatic N) is 2. The van der Waals surface area contributed by atoms with Crippen LogP contribution in [0.3, 0.4) is 0 Å². The van der Waals surface area contributed by atoms with E-state index in [1.807, 2.05) is 49.2 Å². The molecule has 174 valence electrons. The molecule has 6 heteroatoms. The Kier molecular flexibility index (Phi) is 6.80. The van der Waals surface area contributed by atoms with Gasteiger partial charge in [-0.1, -0.05) is 54.6 Å². The number of benzene rings is 3. The first-order valence-corrected chi connectivity index (χ1v) is 11.3. The SMILES string of the molecule is C=C(O)c1cc(C(=O)c2ccc(N(C)c3ccc(Cl)cc3C)cn2)ccc1C(=O)c1ccccc1. The molecule has 0 bridgehead atoms. The number of halogens is 1.